The molecule has 0 bridgehead atoms. The molecule has 0 N–H and O–H groups in total. The van der Waals surface area contributed by atoms with Crippen LogP contribution in [0.1, 0.15) is 17.3 Å². The summed E-state index contributed by atoms with van der Waals surface area (Å²) in [6.07, 6.45) is 0. The number of alkyl halides is 1. The predicted octanol–water partition coefficient (Wildman–Crippen LogP) is 2.74. The van der Waals surface area contributed by atoms with Gasteiger partial charge in [0.2, 0.25) is 0 Å². The van der Waals surface area contributed by atoms with Gasteiger partial charge in [-0.1, -0.05) is 15.9 Å². The van der Waals surface area contributed by atoms with Crippen LogP contribution in [0.25, 0.3) is 0 Å². The first-order valence-corrected chi connectivity index (χ1v) is 5.91. The fraction of sp³-hybridized carbons (Fsp3) is 0.417. The van der Waals surface area contributed by atoms with Crippen molar-refractivity contribution in [3.05, 3.63) is 17.7 Å². The zero-order valence-corrected chi connectivity index (χ0v) is 11.8. The van der Waals surface area contributed by atoms with Crippen LogP contribution in [0.5, 0.6) is 17.2 Å². The Bertz CT molecular complexity index is 392. The van der Waals surface area contributed by atoms with E-state index in [4.69, 9.17) is 14.2 Å². The van der Waals surface area contributed by atoms with Crippen LogP contribution in [0.2, 0.25) is 0 Å². The lowest BCUT2D eigenvalue weighted by Gasteiger charge is -2.17. The molecule has 0 aliphatic carbocycles. The molecule has 1 aromatic carbocycles. The standard InChI is InChI=1S/C12H15BrO4/c1-7(14)12(13)11-9(16-3)5-8(15-2)6-10(11)17-4/h5-6,12H,1-4H3. The van der Waals surface area contributed by atoms with Crippen molar-refractivity contribution in [3.8, 4) is 17.2 Å². The van der Waals surface area contributed by atoms with Crippen molar-refractivity contribution >= 4 is 21.7 Å². The van der Waals surface area contributed by atoms with E-state index < -0.39 is 4.83 Å². The van der Waals surface area contributed by atoms with Crippen LogP contribution < -0.4 is 14.2 Å². The Morgan fingerprint density at radius 2 is 1.59 bits per heavy atom. The van der Waals surface area contributed by atoms with Crippen molar-refractivity contribution in [1.29, 1.82) is 0 Å². The first-order valence-electron chi connectivity index (χ1n) is 4.99. The van der Waals surface area contributed by atoms with Crippen molar-refractivity contribution in [2.75, 3.05) is 21.3 Å². The maximum absolute atomic E-state index is 11.4. The molecule has 0 radical (unpaired) electrons. The van der Waals surface area contributed by atoms with E-state index >= 15 is 0 Å². The molecule has 0 heterocycles. The quantitative estimate of drug-likeness (QED) is 0.785. The largest absolute Gasteiger partial charge is 0.496 e. The van der Waals surface area contributed by atoms with Gasteiger partial charge in [-0.15, -0.1) is 0 Å². The van der Waals surface area contributed by atoms with Crippen molar-refractivity contribution < 1.29 is 19.0 Å². The topological polar surface area (TPSA) is 44.8 Å². The zero-order chi connectivity index (χ0) is 13.0. The van der Waals surface area contributed by atoms with Crippen LogP contribution >= 0.6 is 15.9 Å². The number of carbonyl (C=O) groups excluding carboxylic acids is 1. The summed E-state index contributed by atoms with van der Waals surface area (Å²) in [7, 11) is 4.64. The summed E-state index contributed by atoms with van der Waals surface area (Å²) in [4.78, 5) is 11.0. The Balaban J connectivity index is 3.39. The van der Waals surface area contributed by atoms with Gasteiger partial charge in [0.05, 0.1) is 26.9 Å². The van der Waals surface area contributed by atoms with Gasteiger partial charge < -0.3 is 14.2 Å². The van der Waals surface area contributed by atoms with Gasteiger partial charge in [-0.2, -0.15) is 0 Å². The molecule has 1 rings (SSSR count). The summed E-state index contributed by atoms with van der Waals surface area (Å²) >= 11 is 3.33. The summed E-state index contributed by atoms with van der Waals surface area (Å²) in [5.41, 5.74) is 0.670. The molecular formula is C12H15BrO4. The number of hydrogen-bond donors (Lipinski definition) is 0. The third-order valence-corrected chi connectivity index (χ3v) is 3.47. The van der Waals surface area contributed by atoms with E-state index in [1.807, 2.05) is 0 Å². The van der Waals surface area contributed by atoms with E-state index in [1.54, 1.807) is 19.2 Å². The number of carbonyl (C=O) groups is 1. The molecule has 0 spiro atoms. The monoisotopic (exact) mass is 302 g/mol. The first-order chi connectivity index (χ1) is 8.04. The number of hydrogen-bond acceptors (Lipinski definition) is 4. The normalized spacial score (nSPS) is 11.8. The van der Waals surface area contributed by atoms with Gasteiger partial charge in [-0.25, -0.2) is 0 Å². The van der Waals surface area contributed by atoms with Gasteiger partial charge in [0.15, 0.2) is 0 Å². The second-order valence-corrected chi connectivity index (χ2v) is 4.33. The molecule has 5 heteroatoms. The second-order valence-electron chi connectivity index (χ2n) is 3.42. The molecule has 0 fully saturated rings. The maximum atomic E-state index is 11.4. The summed E-state index contributed by atoms with van der Waals surface area (Å²) < 4.78 is 15.7. The molecule has 4 nitrogen and oxygen atoms in total. The lowest BCUT2D eigenvalue weighted by Crippen LogP contribution is -2.06. The minimum atomic E-state index is -0.460. The number of methoxy groups -OCH3 is 3. The van der Waals surface area contributed by atoms with Crippen LogP contribution in [0.3, 0.4) is 0 Å². The molecule has 0 aliphatic heterocycles. The molecule has 94 valence electrons. The molecule has 1 aromatic rings. The minimum absolute atomic E-state index is 0.0215. The fourth-order valence-electron chi connectivity index (χ4n) is 1.49. The van der Waals surface area contributed by atoms with E-state index in [1.165, 1.54) is 21.1 Å². The van der Waals surface area contributed by atoms with Gasteiger partial charge in [-0.05, 0) is 6.92 Å². The predicted molar refractivity (Wildman–Crippen MR) is 68.4 cm³/mol. The summed E-state index contributed by atoms with van der Waals surface area (Å²) in [6.45, 7) is 1.50. The van der Waals surface area contributed by atoms with E-state index in [9.17, 15) is 4.79 Å². The van der Waals surface area contributed by atoms with Gasteiger partial charge in [0.25, 0.3) is 0 Å². The smallest absolute Gasteiger partial charge is 0.148 e. The van der Waals surface area contributed by atoms with E-state index in [-0.39, 0.29) is 5.78 Å². The van der Waals surface area contributed by atoms with Gasteiger partial charge in [-0.3, -0.25) is 4.79 Å². The molecule has 0 amide bonds. The van der Waals surface area contributed by atoms with Gasteiger partial charge in [0.1, 0.15) is 27.9 Å². The van der Waals surface area contributed by atoms with Crippen LogP contribution in [0.4, 0.5) is 0 Å². The summed E-state index contributed by atoms with van der Waals surface area (Å²) in [6, 6.07) is 3.43. The van der Waals surface area contributed by atoms with Crippen molar-refractivity contribution in [1.82, 2.24) is 0 Å². The Hall–Kier alpha value is -1.23. The highest BCUT2D eigenvalue weighted by molar-refractivity contribution is 9.09. The number of ether oxygens (including phenoxy) is 3. The number of Topliss-reactive ketones (excluding diaryl/α,β-unsaturated/α-hetero) is 1. The molecule has 0 aliphatic rings. The second kappa shape index (κ2) is 5.91. The fourth-order valence-corrected chi connectivity index (χ4v) is 1.94. The molecule has 17 heavy (non-hydrogen) atoms. The molecule has 1 unspecified atom stereocenters. The summed E-state index contributed by atoms with van der Waals surface area (Å²) in [5, 5.41) is 0. The number of rotatable bonds is 5. The van der Waals surface area contributed by atoms with Crippen LogP contribution in [0.15, 0.2) is 12.1 Å². The third-order valence-electron chi connectivity index (χ3n) is 2.36. The lowest BCUT2D eigenvalue weighted by atomic mass is 10.1. The van der Waals surface area contributed by atoms with Gasteiger partial charge in [0, 0.05) is 12.1 Å². The third kappa shape index (κ3) is 2.91. The van der Waals surface area contributed by atoms with Crippen LogP contribution in [0, 0.1) is 0 Å². The highest BCUT2D eigenvalue weighted by Crippen LogP contribution is 2.41. The van der Waals surface area contributed by atoms with Crippen molar-refractivity contribution in [3.63, 3.8) is 0 Å². The zero-order valence-electron chi connectivity index (χ0n) is 10.2. The minimum Gasteiger partial charge on any atom is -0.496 e. The maximum Gasteiger partial charge on any atom is 0.148 e. The first kappa shape index (κ1) is 13.8. The number of ketones is 1. The Labute approximate surface area is 109 Å². The summed E-state index contributed by atoms with van der Waals surface area (Å²) in [5.74, 6) is 1.70. The van der Waals surface area contributed by atoms with Crippen molar-refractivity contribution in [2.24, 2.45) is 0 Å². The molecule has 0 saturated carbocycles. The van der Waals surface area contributed by atoms with E-state index in [2.05, 4.69) is 15.9 Å². The average Bonchev–Trinajstić information content (AvgIpc) is 2.35. The molecular weight excluding hydrogens is 288 g/mol. The van der Waals surface area contributed by atoms with Gasteiger partial charge >= 0.3 is 0 Å². The lowest BCUT2D eigenvalue weighted by molar-refractivity contribution is -0.116. The van der Waals surface area contributed by atoms with E-state index in [0.29, 0.717) is 22.8 Å². The average molecular weight is 303 g/mol. The Kier molecular flexibility index (Phi) is 4.81. The number of benzene rings is 1. The van der Waals surface area contributed by atoms with E-state index in [0.717, 1.165) is 0 Å². The number of halogens is 1. The van der Waals surface area contributed by atoms with Crippen molar-refractivity contribution in [2.45, 2.75) is 11.8 Å². The van der Waals surface area contributed by atoms with Crippen LogP contribution in [-0.2, 0) is 4.79 Å². The van der Waals surface area contributed by atoms with Crippen LogP contribution in [-0.4, -0.2) is 27.1 Å². The molecule has 0 aromatic heterocycles. The highest BCUT2D eigenvalue weighted by atomic mass is 79.9. The molecule has 0 saturated heterocycles. The Morgan fingerprint density at radius 1 is 1.12 bits per heavy atom. The Morgan fingerprint density at radius 3 is 1.88 bits per heavy atom. The SMILES string of the molecule is COc1cc(OC)c(C(Br)C(C)=O)c(OC)c1. The highest BCUT2D eigenvalue weighted by Gasteiger charge is 2.23. The molecule has 1 atom stereocenters.